The minimum absolute atomic E-state index is 0.0143. The molecule has 0 aliphatic rings. The van der Waals surface area contributed by atoms with E-state index in [9.17, 15) is 14.9 Å². The van der Waals surface area contributed by atoms with Gasteiger partial charge in [0.2, 0.25) is 0 Å². The number of nitro benzene ring substituents is 1. The summed E-state index contributed by atoms with van der Waals surface area (Å²) in [6.07, 6.45) is 4.15. The third-order valence-electron chi connectivity index (χ3n) is 2.78. The number of nitrogens with zero attached hydrogens (tertiary/aromatic N) is 1. The van der Waals surface area contributed by atoms with E-state index in [-0.39, 0.29) is 11.3 Å². The Hall–Kier alpha value is -2.11. The summed E-state index contributed by atoms with van der Waals surface area (Å²) in [4.78, 5) is 22.1. The van der Waals surface area contributed by atoms with Gasteiger partial charge < -0.3 is 11.1 Å². The molecule has 6 heteroatoms. The van der Waals surface area contributed by atoms with Gasteiger partial charge in [-0.1, -0.05) is 26.2 Å². The van der Waals surface area contributed by atoms with Crippen molar-refractivity contribution in [1.82, 2.24) is 5.32 Å². The quantitative estimate of drug-likeness (QED) is 0.342. The van der Waals surface area contributed by atoms with Crippen LogP contribution in [0.3, 0.4) is 0 Å². The number of rotatable bonds is 7. The lowest BCUT2D eigenvalue weighted by molar-refractivity contribution is -0.385. The lowest BCUT2D eigenvalue weighted by Crippen LogP contribution is -2.25. The van der Waals surface area contributed by atoms with Crippen LogP contribution in [0.4, 0.5) is 11.4 Å². The first kappa shape index (κ1) is 14.9. The maximum atomic E-state index is 11.9. The number of benzene rings is 1. The molecule has 1 aromatic carbocycles. The van der Waals surface area contributed by atoms with Crippen molar-refractivity contribution in [3.63, 3.8) is 0 Å². The summed E-state index contributed by atoms with van der Waals surface area (Å²) in [5.74, 6) is -0.449. The van der Waals surface area contributed by atoms with Crippen molar-refractivity contribution in [3.8, 4) is 0 Å². The van der Waals surface area contributed by atoms with Crippen LogP contribution in [0.15, 0.2) is 18.2 Å². The van der Waals surface area contributed by atoms with Crippen LogP contribution in [-0.4, -0.2) is 17.4 Å². The van der Waals surface area contributed by atoms with Crippen LogP contribution in [0.2, 0.25) is 0 Å². The van der Waals surface area contributed by atoms with Gasteiger partial charge in [-0.2, -0.15) is 0 Å². The fraction of sp³-hybridized carbons (Fsp3) is 0.462. The van der Waals surface area contributed by atoms with Crippen molar-refractivity contribution in [2.45, 2.75) is 32.6 Å². The highest BCUT2D eigenvalue weighted by atomic mass is 16.6. The zero-order valence-electron chi connectivity index (χ0n) is 11.0. The maximum absolute atomic E-state index is 11.9. The number of nitrogens with two attached hydrogens (primary N) is 1. The smallest absolute Gasteiger partial charge is 0.282 e. The molecule has 0 atom stereocenters. The van der Waals surface area contributed by atoms with E-state index in [1.807, 2.05) is 0 Å². The SMILES string of the molecule is CCCCCCNC(=O)c1cc(N)ccc1[N+](=O)[O-]. The predicted molar refractivity (Wildman–Crippen MR) is 74.0 cm³/mol. The minimum atomic E-state index is -0.578. The topological polar surface area (TPSA) is 98.3 Å². The predicted octanol–water partition coefficient (Wildman–Crippen LogP) is 2.49. The minimum Gasteiger partial charge on any atom is -0.399 e. The first-order valence-electron chi connectivity index (χ1n) is 6.38. The Labute approximate surface area is 112 Å². The van der Waals surface area contributed by atoms with Gasteiger partial charge in [0.25, 0.3) is 11.6 Å². The summed E-state index contributed by atoms with van der Waals surface area (Å²) in [5, 5.41) is 13.5. The average Bonchev–Trinajstić information content (AvgIpc) is 2.37. The number of carbonyl (C=O) groups is 1. The second-order valence-electron chi connectivity index (χ2n) is 4.35. The normalized spacial score (nSPS) is 10.2. The molecule has 3 N–H and O–H groups in total. The van der Waals surface area contributed by atoms with Crippen LogP contribution in [0, 0.1) is 10.1 Å². The highest BCUT2D eigenvalue weighted by Crippen LogP contribution is 2.21. The Kier molecular flexibility index (Phi) is 5.78. The second kappa shape index (κ2) is 7.35. The molecular formula is C13H19N3O3. The Morgan fingerprint density at radius 3 is 2.74 bits per heavy atom. The number of unbranched alkanes of at least 4 members (excludes halogenated alkanes) is 3. The van der Waals surface area contributed by atoms with Crippen molar-refractivity contribution in [2.75, 3.05) is 12.3 Å². The molecule has 19 heavy (non-hydrogen) atoms. The summed E-state index contributed by atoms with van der Waals surface area (Å²) in [6, 6.07) is 4.00. The first-order valence-corrected chi connectivity index (χ1v) is 6.38. The van der Waals surface area contributed by atoms with E-state index in [0.29, 0.717) is 12.2 Å². The molecule has 0 heterocycles. The van der Waals surface area contributed by atoms with E-state index in [1.165, 1.54) is 18.2 Å². The largest absolute Gasteiger partial charge is 0.399 e. The molecule has 0 aromatic heterocycles. The van der Waals surface area contributed by atoms with E-state index in [4.69, 9.17) is 5.73 Å². The van der Waals surface area contributed by atoms with Gasteiger partial charge >= 0.3 is 0 Å². The highest BCUT2D eigenvalue weighted by Gasteiger charge is 2.19. The molecule has 0 aliphatic heterocycles. The number of anilines is 1. The third kappa shape index (κ3) is 4.57. The number of nitrogens with one attached hydrogen (secondary N) is 1. The zero-order valence-corrected chi connectivity index (χ0v) is 11.0. The van der Waals surface area contributed by atoms with E-state index in [2.05, 4.69) is 12.2 Å². The molecule has 1 aromatic rings. The van der Waals surface area contributed by atoms with Gasteiger partial charge in [0.05, 0.1) is 4.92 Å². The summed E-state index contributed by atoms with van der Waals surface area (Å²) in [7, 11) is 0. The molecule has 0 unspecified atom stereocenters. The summed E-state index contributed by atoms with van der Waals surface area (Å²) >= 11 is 0. The molecule has 1 rings (SSSR count). The molecule has 0 saturated heterocycles. The van der Waals surface area contributed by atoms with E-state index in [1.54, 1.807) is 0 Å². The van der Waals surface area contributed by atoms with Crippen LogP contribution in [0.1, 0.15) is 43.0 Å². The van der Waals surface area contributed by atoms with Crippen molar-refractivity contribution >= 4 is 17.3 Å². The molecule has 104 valence electrons. The van der Waals surface area contributed by atoms with Crippen LogP contribution in [0.5, 0.6) is 0 Å². The first-order chi connectivity index (χ1) is 9.06. The fourth-order valence-corrected chi connectivity index (χ4v) is 1.74. The lowest BCUT2D eigenvalue weighted by Gasteiger charge is -2.06. The average molecular weight is 265 g/mol. The van der Waals surface area contributed by atoms with Gasteiger partial charge in [0.1, 0.15) is 5.56 Å². The summed E-state index contributed by atoms with van der Waals surface area (Å²) in [5.41, 5.74) is 5.68. The standard InChI is InChI=1S/C13H19N3O3/c1-2-3-4-5-8-15-13(17)11-9-10(14)6-7-12(11)16(18)19/h6-7,9H,2-5,8,14H2,1H3,(H,15,17). The summed E-state index contributed by atoms with van der Waals surface area (Å²) < 4.78 is 0. The maximum Gasteiger partial charge on any atom is 0.282 e. The van der Waals surface area contributed by atoms with Gasteiger partial charge in [0, 0.05) is 18.3 Å². The molecule has 0 radical (unpaired) electrons. The number of amides is 1. The van der Waals surface area contributed by atoms with Gasteiger partial charge in [-0.3, -0.25) is 14.9 Å². The molecular weight excluding hydrogens is 246 g/mol. The number of hydrogen-bond acceptors (Lipinski definition) is 4. The highest BCUT2D eigenvalue weighted by molar-refractivity contribution is 5.99. The number of carbonyl (C=O) groups excluding carboxylic acids is 1. The molecule has 1 amide bonds. The van der Waals surface area contributed by atoms with Crippen LogP contribution in [0.25, 0.3) is 0 Å². The Bertz CT molecular complexity index is 460. The van der Waals surface area contributed by atoms with Gasteiger partial charge in [-0.05, 0) is 18.6 Å². The molecule has 6 nitrogen and oxygen atoms in total. The van der Waals surface area contributed by atoms with Crippen LogP contribution >= 0.6 is 0 Å². The van der Waals surface area contributed by atoms with Crippen molar-refractivity contribution in [2.24, 2.45) is 0 Å². The molecule has 0 spiro atoms. The van der Waals surface area contributed by atoms with E-state index < -0.39 is 10.8 Å². The zero-order chi connectivity index (χ0) is 14.3. The fourth-order valence-electron chi connectivity index (χ4n) is 1.74. The van der Waals surface area contributed by atoms with Gasteiger partial charge in [-0.25, -0.2) is 0 Å². The Morgan fingerprint density at radius 1 is 1.37 bits per heavy atom. The van der Waals surface area contributed by atoms with Crippen molar-refractivity contribution in [3.05, 3.63) is 33.9 Å². The van der Waals surface area contributed by atoms with Crippen molar-refractivity contribution in [1.29, 1.82) is 0 Å². The number of nitrogen functional groups attached to an aromatic ring is 1. The number of hydrogen-bond donors (Lipinski definition) is 2. The molecule has 0 saturated carbocycles. The van der Waals surface area contributed by atoms with Gasteiger partial charge in [-0.15, -0.1) is 0 Å². The monoisotopic (exact) mass is 265 g/mol. The van der Waals surface area contributed by atoms with Crippen LogP contribution < -0.4 is 11.1 Å². The van der Waals surface area contributed by atoms with Crippen LogP contribution in [-0.2, 0) is 0 Å². The molecule has 0 fully saturated rings. The molecule has 0 bridgehead atoms. The van der Waals surface area contributed by atoms with E-state index >= 15 is 0 Å². The summed E-state index contributed by atoms with van der Waals surface area (Å²) in [6.45, 7) is 2.62. The van der Waals surface area contributed by atoms with Crippen molar-refractivity contribution < 1.29 is 9.72 Å². The molecule has 0 aliphatic carbocycles. The Morgan fingerprint density at radius 2 is 2.11 bits per heavy atom. The number of nitro groups is 1. The van der Waals surface area contributed by atoms with E-state index in [0.717, 1.165) is 25.7 Å². The Balaban J connectivity index is 2.65. The van der Waals surface area contributed by atoms with Gasteiger partial charge in [0.15, 0.2) is 0 Å². The third-order valence-corrected chi connectivity index (χ3v) is 2.78. The lowest BCUT2D eigenvalue weighted by atomic mass is 10.1. The second-order valence-corrected chi connectivity index (χ2v) is 4.35.